The third kappa shape index (κ3) is 5.09. The number of benzene rings is 7. The molecule has 0 amide bonds. The summed E-state index contributed by atoms with van der Waals surface area (Å²) in [6.45, 7) is 4.87. The Hall–Kier alpha value is -7.23. The van der Waals surface area contributed by atoms with E-state index in [2.05, 4.69) is 133 Å². The number of nitrogens with zero attached hydrogens (tertiary/aromatic N) is 3. The van der Waals surface area contributed by atoms with Gasteiger partial charge in [-0.05, 0) is 73.2 Å². The number of allylic oxidation sites excluding steroid dienone is 5. The van der Waals surface area contributed by atoms with Crippen molar-refractivity contribution in [3.8, 4) is 67.5 Å². The standard InChI is InChI=1S/C54H37N3/c1-35-40-21-10-13-27-46(40)54(47-28-14-11-23-43(47)44-24-12-15-29-48(44)54)49-30-16-26-42(50(35)49)37-33-31-36(32-34-37)41-22-8-9-25-45(41)53-56-51(38-17-4-2-5-18-38)55-52(57-53)39-19-6-3-7-20-39/h2-20,22-34,40H,1,21H2. The molecule has 0 saturated heterocycles. The minimum atomic E-state index is -0.393. The molecule has 268 valence electrons. The fraction of sp³-hybridized carbons (Fsp3) is 0.0556. The van der Waals surface area contributed by atoms with Crippen molar-refractivity contribution in [2.24, 2.45) is 5.92 Å². The zero-order valence-corrected chi connectivity index (χ0v) is 31.3. The highest BCUT2D eigenvalue weighted by atomic mass is 15.0. The predicted octanol–water partition coefficient (Wildman–Crippen LogP) is 13.1. The van der Waals surface area contributed by atoms with Crippen LogP contribution in [0.25, 0.3) is 73.1 Å². The molecule has 3 nitrogen and oxygen atoms in total. The Morgan fingerprint density at radius 1 is 0.421 bits per heavy atom. The Balaban J connectivity index is 1.05. The average molecular weight is 728 g/mol. The molecule has 0 fully saturated rings. The minimum Gasteiger partial charge on any atom is -0.208 e. The molecule has 0 bridgehead atoms. The number of hydrogen-bond acceptors (Lipinski definition) is 3. The van der Waals surface area contributed by atoms with Gasteiger partial charge in [0.1, 0.15) is 0 Å². The first-order valence-corrected chi connectivity index (χ1v) is 19.7. The van der Waals surface area contributed by atoms with Gasteiger partial charge in [-0.1, -0.05) is 201 Å². The van der Waals surface area contributed by atoms with Crippen LogP contribution in [0, 0.1) is 5.92 Å². The van der Waals surface area contributed by atoms with Crippen molar-refractivity contribution in [2.75, 3.05) is 0 Å². The highest BCUT2D eigenvalue weighted by Gasteiger charge is 2.53. The fourth-order valence-corrected chi connectivity index (χ4v) is 9.65. The monoisotopic (exact) mass is 727 g/mol. The van der Waals surface area contributed by atoms with Crippen LogP contribution in [-0.4, -0.2) is 15.0 Å². The van der Waals surface area contributed by atoms with Gasteiger partial charge in [0.2, 0.25) is 0 Å². The summed E-state index contributed by atoms with van der Waals surface area (Å²) in [4.78, 5) is 15.1. The summed E-state index contributed by atoms with van der Waals surface area (Å²) in [6, 6.07) is 62.6. The first-order valence-electron chi connectivity index (χ1n) is 19.7. The Bertz CT molecular complexity index is 2840. The third-order valence-electron chi connectivity index (χ3n) is 12.1. The largest absolute Gasteiger partial charge is 0.208 e. The van der Waals surface area contributed by atoms with E-state index in [1.807, 2.05) is 60.7 Å². The lowest BCUT2D eigenvalue weighted by Gasteiger charge is -2.47. The SMILES string of the molecule is C=C1c2c(-c3ccc(-c4ccccc4-c4nc(-c5ccccc5)nc(-c5ccccc5)n4)cc3)cccc2C2(C3=CC=CCC13)c1ccccc1-c1ccccc12. The molecule has 8 aromatic rings. The highest BCUT2D eigenvalue weighted by molar-refractivity contribution is 5.96. The summed E-state index contributed by atoms with van der Waals surface area (Å²) in [5, 5.41) is 0. The second kappa shape index (κ2) is 13.2. The van der Waals surface area contributed by atoms with E-state index >= 15 is 0 Å². The molecule has 11 rings (SSSR count). The van der Waals surface area contributed by atoms with E-state index in [9.17, 15) is 0 Å². The smallest absolute Gasteiger partial charge is 0.164 e. The van der Waals surface area contributed by atoms with E-state index in [0.29, 0.717) is 17.5 Å². The summed E-state index contributed by atoms with van der Waals surface area (Å²) >= 11 is 0. The van der Waals surface area contributed by atoms with E-state index in [-0.39, 0.29) is 5.92 Å². The molecule has 3 aliphatic carbocycles. The normalized spacial score (nSPS) is 15.7. The Morgan fingerprint density at radius 3 is 1.51 bits per heavy atom. The van der Waals surface area contributed by atoms with Gasteiger partial charge >= 0.3 is 0 Å². The quantitative estimate of drug-likeness (QED) is 0.177. The van der Waals surface area contributed by atoms with Gasteiger partial charge in [0, 0.05) is 22.6 Å². The number of hydrogen-bond donors (Lipinski definition) is 0. The second-order valence-corrected chi connectivity index (χ2v) is 15.1. The lowest BCUT2D eigenvalue weighted by molar-refractivity contribution is 0.606. The van der Waals surface area contributed by atoms with Crippen LogP contribution < -0.4 is 0 Å². The summed E-state index contributed by atoms with van der Waals surface area (Å²) in [6.07, 6.45) is 7.86. The molecule has 57 heavy (non-hydrogen) atoms. The molecule has 0 aliphatic heterocycles. The van der Waals surface area contributed by atoms with Gasteiger partial charge in [-0.2, -0.15) is 0 Å². The van der Waals surface area contributed by atoms with Crippen LogP contribution in [0.5, 0.6) is 0 Å². The fourth-order valence-electron chi connectivity index (χ4n) is 9.65. The molecule has 0 saturated carbocycles. The van der Waals surface area contributed by atoms with E-state index in [0.717, 1.165) is 34.2 Å². The Labute approximate surface area is 333 Å². The van der Waals surface area contributed by atoms with E-state index in [1.54, 1.807) is 0 Å². The summed E-state index contributed by atoms with van der Waals surface area (Å²) in [5.74, 6) is 2.14. The van der Waals surface area contributed by atoms with Gasteiger partial charge in [-0.25, -0.2) is 15.0 Å². The topological polar surface area (TPSA) is 38.7 Å². The van der Waals surface area contributed by atoms with Crippen LogP contribution in [0.3, 0.4) is 0 Å². The molecule has 1 heterocycles. The third-order valence-corrected chi connectivity index (χ3v) is 12.1. The van der Waals surface area contributed by atoms with Gasteiger partial charge < -0.3 is 0 Å². The maximum atomic E-state index is 5.07. The van der Waals surface area contributed by atoms with Gasteiger partial charge in [-0.3, -0.25) is 0 Å². The summed E-state index contributed by atoms with van der Waals surface area (Å²) < 4.78 is 0. The maximum Gasteiger partial charge on any atom is 0.164 e. The maximum absolute atomic E-state index is 5.07. The van der Waals surface area contributed by atoms with Crippen molar-refractivity contribution in [1.29, 1.82) is 0 Å². The molecule has 1 unspecified atom stereocenters. The molecule has 7 aromatic carbocycles. The van der Waals surface area contributed by atoms with Crippen LogP contribution in [0.15, 0.2) is 206 Å². The first-order chi connectivity index (χ1) is 28.2. The lowest BCUT2D eigenvalue weighted by atomic mass is 9.55. The first kappa shape index (κ1) is 33.1. The number of fused-ring (bicyclic) bond motifs is 9. The molecule has 1 aromatic heterocycles. The summed E-state index contributed by atoms with van der Waals surface area (Å²) in [7, 11) is 0. The highest BCUT2D eigenvalue weighted by Crippen LogP contribution is 2.64. The number of rotatable bonds is 5. The van der Waals surface area contributed by atoms with Crippen LogP contribution in [0.2, 0.25) is 0 Å². The average Bonchev–Trinajstić information content (AvgIpc) is 3.59. The zero-order valence-electron chi connectivity index (χ0n) is 31.3. The van der Waals surface area contributed by atoms with E-state index in [4.69, 9.17) is 21.5 Å². The molecule has 0 N–H and O–H groups in total. The van der Waals surface area contributed by atoms with E-state index < -0.39 is 5.41 Å². The van der Waals surface area contributed by atoms with Crippen molar-refractivity contribution < 1.29 is 0 Å². The van der Waals surface area contributed by atoms with Gasteiger partial charge in [0.15, 0.2) is 17.5 Å². The molecule has 3 aliphatic rings. The van der Waals surface area contributed by atoms with Crippen LogP contribution in [-0.2, 0) is 5.41 Å². The van der Waals surface area contributed by atoms with Gasteiger partial charge in [-0.15, -0.1) is 0 Å². The van der Waals surface area contributed by atoms with Crippen LogP contribution in [0.1, 0.15) is 28.7 Å². The van der Waals surface area contributed by atoms with Crippen molar-refractivity contribution in [3.05, 3.63) is 229 Å². The molecular formula is C54H37N3. The van der Waals surface area contributed by atoms with E-state index in [1.165, 1.54) is 55.7 Å². The zero-order chi connectivity index (χ0) is 37.9. The molecule has 3 heteroatoms. The van der Waals surface area contributed by atoms with Crippen molar-refractivity contribution in [2.45, 2.75) is 11.8 Å². The minimum absolute atomic E-state index is 0.205. The Kier molecular flexibility index (Phi) is 7.68. The molecule has 1 atom stereocenters. The van der Waals surface area contributed by atoms with Crippen LogP contribution >= 0.6 is 0 Å². The Morgan fingerprint density at radius 2 is 0.895 bits per heavy atom. The molecular weight excluding hydrogens is 691 g/mol. The summed E-state index contributed by atoms with van der Waals surface area (Å²) in [5.41, 5.74) is 17.6. The molecule has 0 radical (unpaired) electrons. The molecule has 1 spiro atoms. The van der Waals surface area contributed by atoms with Gasteiger partial charge in [0.25, 0.3) is 0 Å². The lowest BCUT2D eigenvalue weighted by Crippen LogP contribution is -2.38. The van der Waals surface area contributed by atoms with Crippen molar-refractivity contribution in [3.63, 3.8) is 0 Å². The van der Waals surface area contributed by atoms with Gasteiger partial charge in [0.05, 0.1) is 5.41 Å². The van der Waals surface area contributed by atoms with Crippen molar-refractivity contribution in [1.82, 2.24) is 15.0 Å². The van der Waals surface area contributed by atoms with Crippen molar-refractivity contribution >= 4 is 5.57 Å². The number of aromatic nitrogens is 3. The second-order valence-electron chi connectivity index (χ2n) is 15.1. The predicted molar refractivity (Wildman–Crippen MR) is 233 cm³/mol. The van der Waals surface area contributed by atoms with Crippen LogP contribution in [0.4, 0.5) is 0 Å².